The van der Waals surface area contributed by atoms with Gasteiger partial charge in [-0.15, -0.1) is 0 Å². The molecule has 1 atom stereocenters. The van der Waals surface area contributed by atoms with Crippen LogP contribution in [0.4, 0.5) is 5.69 Å². The molecule has 0 aromatic heterocycles. The van der Waals surface area contributed by atoms with Crippen molar-refractivity contribution in [1.82, 2.24) is 4.90 Å². The average molecular weight is 332 g/mol. The zero-order chi connectivity index (χ0) is 16.9. The number of morpholine rings is 1. The second kappa shape index (κ2) is 7.66. The Labute approximate surface area is 142 Å². The van der Waals surface area contributed by atoms with Crippen LogP contribution in [0.3, 0.4) is 0 Å². The molecule has 6 heteroatoms. The largest absolute Gasteiger partial charge is 0.494 e. The number of rotatable bonds is 5. The van der Waals surface area contributed by atoms with Gasteiger partial charge in [-0.3, -0.25) is 9.59 Å². The fourth-order valence-corrected chi connectivity index (χ4v) is 3.11. The number of hydrogen-bond acceptors (Lipinski definition) is 4. The van der Waals surface area contributed by atoms with Crippen molar-refractivity contribution in [3.05, 3.63) is 24.3 Å². The maximum absolute atomic E-state index is 12.6. The smallest absolute Gasteiger partial charge is 0.228 e. The number of benzene rings is 1. The highest BCUT2D eigenvalue weighted by atomic mass is 16.5. The Balaban J connectivity index is 1.62. The lowest BCUT2D eigenvalue weighted by atomic mass is 10.1. The summed E-state index contributed by atoms with van der Waals surface area (Å²) in [7, 11) is 0. The van der Waals surface area contributed by atoms with Gasteiger partial charge < -0.3 is 19.3 Å². The minimum absolute atomic E-state index is 0.00355. The van der Waals surface area contributed by atoms with Gasteiger partial charge in [0.05, 0.1) is 25.7 Å². The summed E-state index contributed by atoms with van der Waals surface area (Å²) in [6.07, 6.45) is 1.24. The van der Waals surface area contributed by atoms with Gasteiger partial charge >= 0.3 is 0 Å². The molecule has 0 unspecified atom stereocenters. The normalized spacial score (nSPS) is 21.2. The van der Waals surface area contributed by atoms with Gasteiger partial charge in [0.2, 0.25) is 11.8 Å². The number of anilines is 1. The Bertz CT molecular complexity index is 581. The SMILES string of the molecule is CCCOc1ccc(N2C[C@@H](C(=O)N3CCOCC3)CC2=O)cc1. The van der Waals surface area contributed by atoms with Crippen molar-refractivity contribution < 1.29 is 19.1 Å². The highest BCUT2D eigenvalue weighted by Crippen LogP contribution is 2.28. The van der Waals surface area contributed by atoms with Gasteiger partial charge in [0, 0.05) is 31.7 Å². The lowest BCUT2D eigenvalue weighted by molar-refractivity contribution is -0.139. The molecule has 3 rings (SSSR count). The van der Waals surface area contributed by atoms with Gasteiger partial charge in [-0.1, -0.05) is 6.92 Å². The fraction of sp³-hybridized carbons (Fsp3) is 0.556. The van der Waals surface area contributed by atoms with Gasteiger partial charge in [-0.2, -0.15) is 0 Å². The van der Waals surface area contributed by atoms with E-state index in [0.717, 1.165) is 17.9 Å². The van der Waals surface area contributed by atoms with E-state index in [1.165, 1.54) is 0 Å². The Morgan fingerprint density at radius 3 is 2.62 bits per heavy atom. The zero-order valence-corrected chi connectivity index (χ0v) is 14.1. The maximum atomic E-state index is 12.6. The second-order valence-corrected chi connectivity index (χ2v) is 6.19. The number of hydrogen-bond donors (Lipinski definition) is 0. The van der Waals surface area contributed by atoms with E-state index < -0.39 is 0 Å². The average Bonchev–Trinajstić information content (AvgIpc) is 3.02. The van der Waals surface area contributed by atoms with E-state index in [0.29, 0.717) is 39.5 Å². The van der Waals surface area contributed by atoms with Gasteiger partial charge in [0.15, 0.2) is 0 Å². The van der Waals surface area contributed by atoms with Crippen LogP contribution in [-0.4, -0.2) is 56.2 Å². The van der Waals surface area contributed by atoms with Crippen LogP contribution >= 0.6 is 0 Å². The van der Waals surface area contributed by atoms with E-state index in [-0.39, 0.29) is 24.2 Å². The summed E-state index contributed by atoms with van der Waals surface area (Å²) >= 11 is 0. The molecule has 0 radical (unpaired) electrons. The quantitative estimate of drug-likeness (QED) is 0.823. The topological polar surface area (TPSA) is 59.1 Å². The van der Waals surface area contributed by atoms with E-state index in [9.17, 15) is 9.59 Å². The molecule has 2 amide bonds. The summed E-state index contributed by atoms with van der Waals surface area (Å²) in [5.74, 6) is 0.612. The Morgan fingerprint density at radius 2 is 1.96 bits per heavy atom. The highest BCUT2D eigenvalue weighted by Gasteiger charge is 2.37. The first-order valence-corrected chi connectivity index (χ1v) is 8.59. The van der Waals surface area contributed by atoms with Gasteiger partial charge in [-0.05, 0) is 30.7 Å². The van der Waals surface area contributed by atoms with Crippen LogP contribution in [0, 0.1) is 5.92 Å². The molecular weight excluding hydrogens is 308 g/mol. The summed E-state index contributed by atoms with van der Waals surface area (Å²) in [6.45, 7) is 5.58. The first-order chi connectivity index (χ1) is 11.7. The summed E-state index contributed by atoms with van der Waals surface area (Å²) in [6, 6.07) is 7.50. The molecule has 2 aliphatic rings. The van der Waals surface area contributed by atoms with Crippen molar-refractivity contribution in [3.63, 3.8) is 0 Å². The first-order valence-electron chi connectivity index (χ1n) is 8.59. The van der Waals surface area contributed by atoms with Gasteiger partial charge in [0.25, 0.3) is 0 Å². The first kappa shape index (κ1) is 16.8. The highest BCUT2D eigenvalue weighted by molar-refractivity contribution is 6.00. The van der Waals surface area contributed by atoms with Crippen LogP contribution < -0.4 is 9.64 Å². The van der Waals surface area contributed by atoms with E-state index in [2.05, 4.69) is 6.92 Å². The molecular formula is C18H24N2O4. The molecule has 2 aliphatic heterocycles. The monoisotopic (exact) mass is 332 g/mol. The second-order valence-electron chi connectivity index (χ2n) is 6.19. The molecule has 2 saturated heterocycles. The Morgan fingerprint density at radius 1 is 1.25 bits per heavy atom. The summed E-state index contributed by atoms with van der Waals surface area (Å²) in [5.41, 5.74) is 0.820. The molecule has 0 saturated carbocycles. The van der Waals surface area contributed by atoms with Gasteiger partial charge in [0.1, 0.15) is 5.75 Å². The van der Waals surface area contributed by atoms with Crippen LogP contribution in [0.25, 0.3) is 0 Å². The lowest BCUT2D eigenvalue weighted by Gasteiger charge is -2.29. The summed E-state index contributed by atoms with van der Waals surface area (Å²) in [4.78, 5) is 28.4. The molecule has 6 nitrogen and oxygen atoms in total. The van der Waals surface area contributed by atoms with Gasteiger partial charge in [-0.25, -0.2) is 0 Å². The predicted molar refractivity (Wildman–Crippen MR) is 90.1 cm³/mol. The van der Waals surface area contributed by atoms with E-state index in [4.69, 9.17) is 9.47 Å². The van der Waals surface area contributed by atoms with Crippen molar-refractivity contribution in [2.75, 3.05) is 44.4 Å². The molecule has 24 heavy (non-hydrogen) atoms. The third-order valence-corrected chi connectivity index (χ3v) is 4.42. The number of carbonyl (C=O) groups excluding carboxylic acids is 2. The molecule has 2 heterocycles. The van der Waals surface area contributed by atoms with E-state index in [1.807, 2.05) is 29.2 Å². The van der Waals surface area contributed by atoms with E-state index >= 15 is 0 Å². The van der Waals surface area contributed by atoms with E-state index in [1.54, 1.807) is 4.90 Å². The molecule has 130 valence electrons. The van der Waals surface area contributed by atoms with Crippen molar-refractivity contribution >= 4 is 17.5 Å². The van der Waals surface area contributed by atoms with Crippen molar-refractivity contribution in [2.24, 2.45) is 5.92 Å². The minimum Gasteiger partial charge on any atom is -0.494 e. The zero-order valence-electron chi connectivity index (χ0n) is 14.1. The lowest BCUT2D eigenvalue weighted by Crippen LogP contribution is -2.44. The molecule has 0 N–H and O–H groups in total. The maximum Gasteiger partial charge on any atom is 0.228 e. The number of carbonyl (C=O) groups is 2. The van der Waals surface area contributed by atoms with Crippen LogP contribution in [-0.2, 0) is 14.3 Å². The Kier molecular flexibility index (Phi) is 5.35. The van der Waals surface area contributed by atoms with Crippen LogP contribution in [0.15, 0.2) is 24.3 Å². The minimum atomic E-state index is -0.258. The van der Waals surface area contributed by atoms with Crippen LogP contribution in [0.5, 0.6) is 5.75 Å². The third-order valence-electron chi connectivity index (χ3n) is 4.42. The van der Waals surface area contributed by atoms with Crippen LogP contribution in [0.2, 0.25) is 0 Å². The Hall–Kier alpha value is -2.08. The summed E-state index contributed by atoms with van der Waals surface area (Å²) < 4.78 is 10.8. The van der Waals surface area contributed by atoms with Crippen molar-refractivity contribution in [3.8, 4) is 5.75 Å². The molecule has 1 aromatic carbocycles. The molecule has 2 fully saturated rings. The summed E-state index contributed by atoms with van der Waals surface area (Å²) in [5, 5.41) is 0. The van der Waals surface area contributed by atoms with Crippen molar-refractivity contribution in [2.45, 2.75) is 19.8 Å². The standard InChI is InChI=1S/C18H24N2O4/c1-2-9-24-16-5-3-15(4-6-16)20-13-14(12-17(20)21)18(22)19-7-10-23-11-8-19/h3-6,14H,2,7-13H2,1H3/t14-/m0/s1. The molecule has 1 aromatic rings. The number of nitrogens with zero attached hydrogens (tertiary/aromatic N) is 2. The predicted octanol–water partition coefficient (Wildman–Crippen LogP) is 1.69. The number of ether oxygens (including phenoxy) is 2. The molecule has 0 spiro atoms. The fourth-order valence-electron chi connectivity index (χ4n) is 3.11. The van der Waals surface area contributed by atoms with Crippen LogP contribution in [0.1, 0.15) is 19.8 Å². The molecule has 0 bridgehead atoms. The third kappa shape index (κ3) is 3.70. The molecule has 0 aliphatic carbocycles. The number of amides is 2. The van der Waals surface area contributed by atoms with Crippen molar-refractivity contribution in [1.29, 1.82) is 0 Å².